The van der Waals surface area contributed by atoms with Crippen molar-refractivity contribution in [3.63, 3.8) is 0 Å². The van der Waals surface area contributed by atoms with E-state index < -0.39 is 0 Å². The first-order valence-electron chi connectivity index (χ1n) is 8.30. The predicted octanol–water partition coefficient (Wildman–Crippen LogP) is 3.89. The number of fused-ring (bicyclic) bond motifs is 1. The standard InChI is InChI=1S/C20H22FNO/c21-19-9-7-18(8-10-19)20(23)6-3-13-22-14-11-16-4-1-2-5-17(16)12-15-22/h1-2,4-5,7-10H,3,6,11-15H2. The van der Waals surface area contributed by atoms with Gasteiger partial charge in [0, 0.05) is 25.1 Å². The van der Waals surface area contributed by atoms with Crippen molar-refractivity contribution in [2.45, 2.75) is 25.7 Å². The fraction of sp³-hybridized carbons (Fsp3) is 0.350. The molecule has 2 aromatic carbocycles. The summed E-state index contributed by atoms with van der Waals surface area (Å²) in [5, 5.41) is 0. The second kappa shape index (κ2) is 7.51. The van der Waals surface area contributed by atoms with Crippen molar-refractivity contribution in [1.82, 2.24) is 4.90 Å². The van der Waals surface area contributed by atoms with Gasteiger partial charge in [0.25, 0.3) is 0 Å². The minimum Gasteiger partial charge on any atom is -0.303 e. The van der Waals surface area contributed by atoms with Crippen molar-refractivity contribution in [2.75, 3.05) is 19.6 Å². The van der Waals surface area contributed by atoms with Gasteiger partial charge >= 0.3 is 0 Å². The van der Waals surface area contributed by atoms with Crippen molar-refractivity contribution in [2.24, 2.45) is 0 Å². The summed E-state index contributed by atoms with van der Waals surface area (Å²) in [5.41, 5.74) is 3.52. The van der Waals surface area contributed by atoms with Crippen molar-refractivity contribution < 1.29 is 9.18 Å². The number of hydrogen-bond donors (Lipinski definition) is 0. The Balaban J connectivity index is 1.46. The average molecular weight is 311 g/mol. The summed E-state index contributed by atoms with van der Waals surface area (Å²) < 4.78 is 12.9. The first-order chi connectivity index (χ1) is 11.2. The molecule has 0 atom stereocenters. The summed E-state index contributed by atoms with van der Waals surface area (Å²) in [7, 11) is 0. The molecule has 1 aliphatic rings. The molecule has 1 heterocycles. The Morgan fingerprint density at radius 3 is 2.17 bits per heavy atom. The number of rotatable bonds is 5. The normalized spacial score (nSPS) is 15.0. The number of halogens is 1. The number of ketones is 1. The highest BCUT2D eigenvalue weighted by molar-refractivity contribution is 5.95. The Kier molecular flexibility index (Phi) is 5.19. The molecular weight excluding hydrogens is 289 g/mol. The zero-order valence-electron chi connectivity index (χ0n) is 13.3. The molecule has 3 rings (SSSR count). The molecule has 0 saturated heterocycles. The highest BCUT2D eigenvalue weighted by atomic mass is 19.1. The van der Waals surface area contributed by atoms with Crippen LogP contribution in [0.2, 0.25) is 0 Å². The van der Waals surface area contributed by atoms with Crippen molar-refractivity contribution in [1.29, 1.82) is 0 Å². The van der Waals surface area contributed by atoms with Crippen LogP contribution in [0.5, 0.6) is 0 Å². The van der Waals surface area contributed by atoms with Crippen LogP contribution < -0.4 is 0 Å². The SMILES string of the molecule is O=C(CCCN1CCc2ccccc2CC1)c1ccc(F)cc1. The third-order valence-corrected chi connectivity index (χ3v) is 4.56. The van der Waals surface area contributed by atoms with Gasteiger partial charge in [0.1, 0.15) is 5.82 Å². The summed E-state index contributed by atoms with van der Waals surface area (Å²) in [6.45, 7) is 3.06. The summed E-state index contributed by atoms with van der Waals surface area (Å²) in [6, 6.07) is 14.5. The van der Waals surface area contributed by atoms with Gasteiger partial charge in [-0.1, -0.05) is 24.3 Å². The van der Waals surface area contributed by atoms with Crippen LogP contribution in [0.3, 0.4) is 0 Å². The van der Waals surface area contributed by atoms with Gasteiger partial charge in [-0.25, -0.2) is 4.39 Å². The van der Waals surface area contributed by atoms with Crippen LogP contribution in [0, 0.1) is 5.82 Å². The van der Waals surface area contributed by atoms with Crippen LogP contribution in [0.15, 0.2) is 48.5 Å². The number of hydrogen-bond acceptors (Lipinski definition) is 2. The van der Waals surface area contributed by atoms with Crippen LogP contribution in [0.25, 0.3) is 0 Å². The van der Waals surface area contributed by atoms with Gasteiger partial charge < -0.3 is 4.90 Å². The van der Waals surface area contributed by atoms with E-state index in [1.54, 1.807) is 12.1 Å². The number of benzene rings is 2. The van der Waals surface area contributed by atoms with E-state index in [1.165, 1.54) is 23.3 Å². The van der Waals surface area contributed by atoms with Gasteiger partial charge in [-0.05, 0) is 61.2 Å². The van der Waals surface area contributed by atoms with E-state index in [0.29, 0.717) is 12.0 Å². The highest BCUT2D eigenvalue weighted by Crippen LogP contribution is 2.16. The molecule has 2 aromatic rings. The zero-order valence-corrected chi connectivity index (χ0v) is 13.3. The highest BCUT2D eigenvalue weighted by Gasteiger charge is 2.14. The lowest BCUT2D eigenvalue weighted by atomic mass is 10.0. The largest absolute Gasteiger partial charge is 0.303 e. The molecule has 0 aliphatic carbocycles. The van der Waals surface area contributed by atoms with Crippen LogP contribution in [-0.2, 0) is 12.8 Å². The summed E-state index contributed by atoms with van der Waals surface area (Å²) in [5.74, 6) is -0.200. The van der Waals surface area contributed by atoms with Crippen LogP contribution >= 0.6 is 0 Å². The molecule has 0 saturated carbocycles. The number of Topliss-reactive ketones (excluding diaryl/α,β-unsaturated/α-hetero) is 1. The lowest BCUT2D eigenvalue weighted by Gasteiger charge is -2.19. The predicted molar refractivity (Wildman–Crippen MR) is 90.3 cm³/mol. The molecule has 0 aromatic heterocycles. The lowest BCUT2D eigenvalue weighted by molar-refractivity contribution is 0.0975. The number of nitrogens with zero attached hydrogens (tertiary/aromatic N) is 1. The lowest BCUT2D eigenvalue weighted by Crippen LogP contribution is -2.27. The first kappa shape index (κ1) is 15.9. The molecule has 0 spiro atoms. The fourth-order valence-corrected chi connectivity index (χ4v) is 3.18. The molecule has 23 heavy (non-hydrogen) atoms. The maximum Gasteiger partial charge on any atom is 0.162 e. The smallest absolute Gasteiger partial charge is 0.162 e. The molecule has 1 aliphatic heterocycles. The Bertz CT molecular complexity index is 639. The topological polar surface area (TPSA) is 20.3 Å². The van der Waals surface area contributed by atoms with E-state index in [4.69, 9.17) is 0 Å². The van der Waals surface area contributed by atoms with Gasteiger partial charge in [-0.2, -0.15) is 0 Å². The Hall–Kier alpha value is -2.00. The molecule has 0 radical (unpaired) electrons. The number of carbonyl (C=O) groups excluding carboxylic acids is 1. The van der Waals surface area contributed by atoms with E-state index in [-0.39, 0.29) is 11.6 Å². The van der Waals surface area contributed by atoms with E-state index in [1.807, 2.05) is 0 Å². The van der Waals surface area contributed by atoms with Crippen LogP contribution in [0.1, 0.15) is 34.3 Å². The summed E-state index contributed by atoms with van der Waals surface area (Å²) in [6.07, 6.45) is 3.55. The first-order valence-corrected chi connectivity index (χ1v) is 8.30. The van der Waals surface area contributed by atoms with E-state index in [9.17, 15) is 9.18 Å². The Morgan fingerprint density at radius 2 is 1.57 bits per heavy atom. The maximum absolute atomic E-state index is 12.9. The molecular formula is C20H22FNO. The third-order valence-electron chi connectivity index (χ3n) is 4.56. The van der Waals surface area contributed by atoms with E-state index >= 15 is 0 Å². The Labute approximate surface area is 136 Å². The van der Waals surface area contributed by atoms with Gasteiger partial charge in [-0.3, -0.25) is 4.79 Å². The molecule has 120 valence electrons. The van der Waals surface area contributed by atoms with Crippen molar-refractivity contribution in [3.8, 4) is 0 Å². The second-order valence-corrected chi connectivity index (χ2v) is 6.14. The van der Waals surface area contributed by atoms with Crippen molar-refractivity contribution >= 4 is 5.78 Å². The molecule has 0 fully saturated rings. The average Bonchev–Trinajstić information content (AvgIpc) is 2.78. The third kappa shape index (κ3) is 4.26. The molecule has 3 heteroatoms. The summed E-state index contributed by atoms with van der Waals surface area (Å²) in [4.78, 5) is 14.5. The van der Waals surface area contributed by atoms with Crippen LogP contribution in [-0.4, -0.2) is 30.3 Å². The minimum absolute atomic E-state index is 0.100. The zero-order chi connectivity index (χ0) is 16.1. The van der Waals surface area contributed by atoms with Crippen LogP contribution in [0.4, 0.5) is 4.39 Å². The molecule has 0 unspecified atom stereocenters. The quantitative estimate of drug-likeness (QED) is 0.781. The molecule has 0 amide bonds. The monoisotopic (exact) mass is 311 g/mol. The van der Waals surface area contributed by atoms with Gasteiger partial charge in [0.15, 0.2) is 5.78 Å². The van der Waals surface area contributed by atoms with E-state index in [0.717, 1.165) is 38.9 Å². The van der Waals surface area contributed by atoms with Gasteiger partial charge in [0.2, 0.25) is 0 Å². The second-order valence-electron chi connectivity index (χ2n) is 6.14. The van der Waals surface area contributed by atoms with Gasteiger partial charge in [0.05, 0.1) is 0 Å². The summed E-state index contributed by atoms with van der Waals surface area (Å²) >= 11 is 0. The van der Waals surface area contributed by atoms with Crippen molar-refractivity contribution in [3.05, 3.63) is 71.0 Å². The Morgan fingerprint density at radius 1 is 0.957 bits per heavy atom. The molecule has 0 bridgehead atoms. The van der Waals surface area contributed by atoms with E-state index in [2.05, 4.69) is 29.2 Å². The molecule has 2 nitrogen and oxygen atoms in total. The minimum atomic E-state index is -0.300. The molecule has 0 N–H and O–H groups in total. The van der Waals surface area contributed by atoms with Gasteiger partial charge in [-0.15, -0.1) is 0 Å². The fourth-order valence-electron chi connectivity index (χ4n) is 3.18. The maximum atomic E-state index is 12.9. The number of carbonyl (C=O) groups is 1.